The average molecular weight is 289 g/mol. The van der Waals surface area contributed by atoms with Crippen LogP contribution < -0.4 is 10.2 Å². The number of nitrogens with zero attached hydrogens (tertiary/aromatic N) is 2. The summed E-state index contributed by atoms with van der Waals surface area (Å²) < 4.78 is 18.3. The fourth-order valence-electron chi connectivity index (χ4n) is 1.63. The molecule has 2 aromatic rings. The summed E-state index contributed by atoms with van der Waals surface area (Å²) in [6, 6.07) is 10.3. The van der Waals surface area contributed by atoms with E-state index in [9.17, 15) is 14.5 Å². The molecule has 7 heteroatoms. The molecule has 0 heterocycles. The molecule has 6 nitrogen and oxygen atoms in total. The molecule has 21 heavy (non-hydrogen) atoms. The van der Waals surface area contributed by atoms with Gasteiger partial charge in [-0.15, -0.1) is 0 Å². The maximum atomic E-state index is 13.5. The molecule has 1 N–H and O–H groups in total. The topological polar surface area (TPSA) is 76.8 Å². The van der Waals surface area contributed by atoms with Gasteiger partial charge in [-0.05, 0) is 29.8 Å². The number of nitro groups is 1. The molecule has 108 valence electrons. The predicted molar refractivity (Wildman–Crippen MR) is 77.3 cm³/mol. The molecule has 0 spiro atoms. The molecule has 0 radical (unpaired) electrons. The van der Waals surface area contributed by atoms with Crippen LogP contribution in [0.2, 0.25) is 0 Å². The SMILES string of the molecule is COc1ccc(/C=N\Nc2cccc([N+](=O)[O-])c2)cc1F. The van der Waals surface area contributed by atoms with Crippen molar-refractivity contribution in [3.8, 4) is 5.75 Å². The van der Waals surface area contributed by atoms with Crippen LogP contribution in [0, 0.1) is 15.9 Å². The largest absolute Gasteiger partial charge is 0.494 e. The van der Waals surface area contributed by atoms with Crippen molar-refractivity contribution in [2.45, 2.75) is 0 Å². The van der Waals surface area contributed by atoms with Gasteiger partial charge in [-0.25, -0.2) is 4.39 Å². The molecular formula is C14H12FN3O3. The summed E-state index contributed by atoms with van der Waals surface area (Å²) >= 11 is 0. The van der Waals surface area contributed by atoms with E-state index in [0.29, 0.717) is 11.3 Å². The number of nitro benzene ring substituents is 1. The summed E-state index contributed by atoms with van der Waals surface area (Å²) in [6.07, 6.45) is 1.40. The van der Waals surface area contributed by atoms with Gasteiger partial charge in [-0.2, -0.15) is 5.10 Å². The Morgan fingerprint density at radius 2 is 2.14 bits per heavy atom. The fourth-order valence-corrected chi connectivity index (χ4v) is 1.63. The third-order valence-corrected chi connectivity index (χ3v) is 2.64. The molecule has 0 aliphatic rings. The highest BCUT2D eigenvalue weighted by Gasteiger charge is 2.05. The maximum absolute atomic E-state index is 13.5. The molecule has 0 bridgehead atoms. The zero-order valence-corrected chi connectivity index (χ0v) is 11.1. The van der Waals surface area contributed by atoms with Crippen molar-refractivity contribution in [1.82, 2.24) is 0 Å². The van der Waals surface area contributed by atoms with Crippen molar-refractivity contribution >= 4 is 17.6 Å². The van der Waals surface area contributed by atoms with Crippen molar-refractivity contribution in [1.29, 1.82) is 0 Å². The number of hydrazone groups is 1. The zero-order chi connectivity index (χ0) is 15.2. The maximum Gasteiger partial charge on any atom is 0.271 e. The van der Waals surface area contributed by atoms with Gasteiger partial charge in [0.25, 0.3) is 5.69 Å². The Labute approximate surface area is 120 Å². The van der Waals surface area contributed by atoms with Crippen LogP contribution in [0.15, 0.2) is 47.6 Å². The van der Waals surface area contributed by atoms with E-state index in [1.807, 2.05) is 0 Å². The molecule has 0 aliphatic heterocycles. The first-order valence-corrected chi connectivity index (χ1v) is 5.97. The number of nitrogens with one attached hydrogen (secondary N) is 1. The zero-order valence-electron chi connectivity index (χ0n) is 11.1. The number of halogens is 1. The highest BCUT2D eigenvalue weighted by Crippen LogP contribution is 2.18. The lowest BCUT2D eigenvalue weighted by atomic mass is 10.2. The van der Waals surface area contributed by atoms with Crippen LogP contribution in [0.3, 0.4) is 0 Å². The Kier molecular flexibility index (Phi) is 4.45. The quantitative estimate of drug-likeness (QED) is 0.521. The Bertz CT molecular complexity index is 689. The minimum absolute atomic E-state index is 0.0364. The van der Waals surface area contributed by atoms with Gasteiger partial charge in [-0.3, -0.25) is 15.5 Å². The Morgan fingerprint density at radius 1 is 1.33 bits per heavy atom. The number of anilines is 1. The lowest BCUT2D eigenvalue weighted by Gasteiger charge is -2.02. The molecule has 0 unspecified atom stereocenters. The average Bonchev–Trinajstić information content (AvgIpc) is 2.48. The number of hydrogen-bond donors (Lipinski definition) is 1. The van der Waals surface area contributed by atoms with Crippen LogP contribution in [-0.2, 0) is 0 Å². The first kappa shape index (κ1) is 14.4. The smallest absolute Gasteiger partial charge is 0.271 e. The lowest BCUT2D eigenvalue weighted by Crippen LogP contribution is -1.94. The molecule has 2 rings (SSSR count). The Balaban J connectivity index is 2.07. The van der Waals surface area contributed by atoms with E-state index in [4.69, 9.17) is 4.74 Å². The summed E-state index contributed by atoms with van der Waals surface area (Å²) in [5.41, 5.74) is 3.61. The number of methoxy groups -OCH3 is 1. The summed E-state index contributed by atoms with van der Waals surface area (Å²) in [5, 5.41) is 14.5. The van der Waals surface area contributed by atoms with E-state index in [2.05, 4.69) is 10.5 Å². The summed E-state index contributed by atoms with van der Waals surface area (Å²) in [4.78, 5) is 10.1. The van der Waals surface area contributed by atoms with Crippen molar-refractivity contribution in [3.63, 3.8) is 0 Å². The summed E-state index contributed by atoms with van der Waals surface area (Å²) in [6.45, 7) is 0. The van der Waals surface area contributed by atoms with Crippen molar-refractivity contribution in [2.75, 3.05) is 12.5 Å². The molecule has 0 saturated carbocycles. The van der Waals surface area contributed by atoms with Crippen LogP contribution in [0.5, 0.6) is 5.75 Å². The number of benzene rings is 2. The molecule has 0 aromatic heterocycles. The molecular weight excluding hydrogens is 277 g/mol. The first-order chi connectivity index (χ1) is 10.1. The van der Waals surface area contributed by atoms with Gasteiger partial charge in [0.05, 0.1) is 23.9 Å². The third kappa shape index (κ3) is 3.75. The molecule has 0 atom stereocenters. The minimum Gasteiger partial charge on any atom is -0.494 e. The van der Waals surface area contributed by atoms with Crippen LogP contribution in [0.1, 0.15) is 5.56 Å². The standard InChI is InChI=1S/C14H12FN3O3/c1-21-14-6-5-10(7-13(14)15)9-16-17-11-3-2-4-12(8-11)18(19)20/h2-9,17H,1H3/b16-9-. The predicted octanol–water partition coefficient (Wildman–Crippen LogP) is 3.19. The fraction of sp³-hybridized carbons (Fsp3) is 0.0714. The first-order valence-electron chi connectivity index (χ1n) is 5.97. The Morgan fingerprint density at radius 3 is 2.81 bits per heavy atom. The second-order valence-electron chi connectivity index (χ2n) is 4.07. The lowest BCUT2D eigenvalue weighted by molar-refractivity contribution is -0.384. The second-order valence-corrected chi connectivity index (χ2v) is 4.07. The minimum atomic E-state index is -0.492. The van der Waals surface area contributed by atoms with Crippen molar-refractivity contribution < 1.29 is 14.1 Å². The van der Waals surface area contributed by atoms with E-state index in [1.165, 1.54) is 37.6 Å². The normalized spacial score (nSPS) is 10.6. The van der Waals surface area contributed by atoms with E-state index in [0.717, 1.165) is 0 Å². The van der Waals surface area contributed by atoms with Gasteiger partial charge in [0, 0.05) is 12.1 Å². The van der Waals surface area contributed by atoms with Crippen molar-refractivity contribution in [3.05, 3.63) is 64.0 Å². The monoisotopic (exact) mass is 289 g/mol. The van der Waals surface area contributed by atoms with E-state index >= 15 is 0 Å². The highest BCUT2D eigenvalue weighted by molar-refractivity contribution is 5.80. The second kappa shape index (κ2) is 6.47. The van der Waals surface area contributed by atoms with Gasteiger partial charge >= 0.3 is 0 Å². The molecule has 0 saturated heterocycles. The van der Waals surface area contributed by atoms with Gasteiger partial charge < -0.3 is 4.74 Å². The van der Waals surface area contributed by atoms with Gasteiger partial charge in [0.2, 0.25) is 0 Å². The number of hydrogen-bond acceptors (Lipinski definition) is 5. The molecule has 0 amide bonds. The Hall–Kier alpha value is -2.96. The molecule has 0 aliphatic carbocycles. The van der Waals surface area contributed by atoms with E-state index < -0.39 is 10.7 Å². The number of non-ortho nitro benzene ring substituents is 1. The van der Waals surface area contributed by atoms with E-state index in [-0.39, 0.29) is 11.4 Å². The van der Waals surface area contributed by atoms with Crippen LogP contribution in [0.4, 0.5) is 15.8 Å². The van der Waals surface area contributed by atoms with Gasteiger partial charge in [0.15, 0.2) is 11.6 Å². The molecule has 2 aromatic carbocycles. The third-order valence-electron chi connectivity index (χ3n) is 2.64. The van der Waals surface area contributed by atoms with Gasteiger partial charge in [0.1, 0.15) is 0 Å². The van der Waals surface area contributed by atoms with E-state index in [1.54, 1.807) is 18.2 Å². The molecule has 0 fully saturated rings. The summed E-state index contributed by atoms with van der Waals surface area (Å²) in [5.74, 6) is -0.337. The number of ether oxygens (including phenoxy) is 1. The van der Waals surface area contributed by atoms with Crippen LogP contribution in [0.25, 0.3) is 0 Å². The highest BCUT2D eigenvalue weighted by atomic mass is 19.1. The number of rotatable bonds is 5. The van der Waals surface area contributed by atoms with Crippen LogP contribution >= 0.6 is 0 Å². The summed E-state index contributed by atoms with van der Waals surface area (Å²) in [7, 11) is 1.38. The van der Waals surface area contributed by atoms with Crippen molar-refractivity contribution in [2.24, 2.45) is 5.10 Å². The van der Waals surface area contributed by atoms with Crippen LogP contribution in [-0.4, -0.2) is 18.2 Å². The van der Waals surface area contributed by atoms with Gasteiger partial charge in [-0.1, -0.05) is 6.07 Å².